The standard InChI is InChI=1S/C15H13BrN4/c1-10-4-12(16)5-11-2-3-20(8-14(10)11)15-6-13(7-17)18-9-19-15/h4-6,9H,2-3,8H2,1H3. The molecule has 0 fully saturated rings. The topological polar surface area (TPSA) is 52.8 Å². The van der Waals surface area contributed by atoms with Crippen LogP contribution >= 0.6 is 15.9 Å². The second-order valence-electron chi connectivity index (χ2n) is 4.91. The van der Waals surface area contributed by atoms with Crippen molar-refractivity contribution in [2.24, 2.45) is 0 Å². The lowest BCUT2D eigenvalue weighted by Gasteiger charge is -2.31. The third kappa shape index (κ3) is 2.39. The number of anilines is 1. The predicted molar refractivity (Wildman–Crippen MR) is 80.4 cm³/mol. The Bertz CT molecular complexity index is 706. The minimum atomic E-state index is 0.410. The molecule has 2 aromatic rings. The summed E-state index contributed by atoms with van der Waals surface area (Å²) in [6.45, 7) is 3.87. The van der Waals surface area contributed by atoms with Crippen molar-refractivity contribution in [1.82, 2.24) is 9.97 Å². The molecular weight excluding hydrogens is 316 g/mol. The van der Waals surface area contributed by atoms with Crippen molar-refractivity contribution in [1.29, 1.82) is 5.26 Å². The Morgan fingerprint density at radius 2 is 2.15 bits per heavy atom. The Kier molecular flexibility index (Phi) is 3.41. The maximum Gasteiger partial charge on any atom is 0.145 e. The van der Waals surface area contributed by atoms with Crippen LogP contribution < -0.4 is 4.90 Å². The molecule has 100 valence electrons. The molecule has 1 aromatic heterocycles. The van der Waals surface area contributed by atoms with E-state index in [0.29, 0.717) is 5.69 Å². The first kappa shape index (κ1) is 13.1. The number of aromatic nitrogens is 2. The summed E-state index contributed by atoms with van der Waals surface area (Å²) < 4.78 is 1.14. The van der Waals surface area contributed by atoms with Crippen LogP contribution in [0.5, 0.6) is 0 Å². The second-order valence-corrected chi connectivity index (χ2v) is 5.82. The highest BCUT2D eigenvalue weighted by molar-refractivity contribution is 9.10. The highest BCUT2D eigenvalue weighted by atomic mass is 79.9. The first-order valence-electron chi connectivity index (χ1n) is 6.42. The second kappa shape index (κ2) is 5.22. The van der Waals surface area contributed by atoms with E-state index in [1.807, 2.05) is 0 Å². The third-order valence-electron chi connectivity index (χ3n) is 3.62. The van der Waals surface area contributed by atoms with Crippen LogP contribution in [0.15, 0.2) is 29.0 Å². The highest BCUT2D eigenvalue weighted by Crippen LogP contribution is 2.28. The van der Waals surface area contributed by atoms with Crippen LogP contribution in [0.25, 0.3) is 0 Å². The predicted octanol–water partition coefficient (Wildman–Crippen LogP) is 2.98. The van der Waals surface area contributed by atoms with Crippen LogP contribution in [0.1, 0.15) is 22.4 Å². The number of aryl methyl sites for hydroxylation is 1. The Balaban J connectivity index is 1.94. The van der Waals surface area contributed by atoms with Crippen molar-refractivity contribution in [3.8, 4) is 6.07 Å². The summed E-state index contributed by atoms with van der Waals surface area (Å²) >= 11 is 3.55. The van der Waals surface area contributed by atoms with Gasteiger partial charge in [0.1, 0.15) is 23.9 Å². The van der Waals surface area contributed by atoms with Gasteiger partial charge >= 0.3 is 0 Å². The van der Waals surface area contributed by atoms with E-state index < -0.39 is 0 Å². The fourth-order valence-corrected chi connectivity index (χ4v) is 3.21. The first-order chi connectivity index (χ1) is 9.67. The van der Waals surface area contributed by atoms with Crippen LogP contribution in [0.2, 0.25) is 0 Å². The molecule has 0 saturated carbocycles. The Morgan fingerprint density at radius 3 is 2.95 bits per heavy atom. The zero-order valence-electron chi connectivity index (χ0n) is 11.1. The molecule has 4 nitrogen and oxygen atoms in total. The average Bonchev–Trinajstić information content (AvgIpc) is 2.47. The fraction of sp³-hybridized carbons (Fsp3) is 0.267. The first-order valence-corrected chi connectivity index (χ1v) is 7.21. The zero-order valence-corrected chi connectivity index (χ0v) is 12.7. The summed E-state index contributed by atoms with van der Waals surface area (Å²) in [4.78, 5) is 10.4. The Labute approximate surface area is 126 Å². The van der Waals surface area contributed by atoms with E-state index in [4.69, 9.17) is 5.26 Å². The molecule has 0 spiro atoms. The van der Waals surface area contributed by atoms with Gasteiger partial charge in [-0.05, 0) is 42.2 Å². The molecule has 0 radical (unpaired) electrons. The van der Waals surface area contributed by atoms with Crippen LogP contribution in [-0.2, 0) is 13.0 Å². The fourth-order valence-electron chi connectivity index (χ4n) is 2.59. The number of nitriles is 1. The molecule has 1 aliphatic rings. The maximum absolute atomic E-state index is 8.93. The Hall–Kier alpha value is -1.93. The number of fused-ring (bicyclic) bond motifs is 1. The molecule has 3 rings (SSSR count). The summed E-state index contributed by atoms with van der Waals surface area (Å²) in [5.74, 6) is 0.824. The smallest absolute Gasteiger partial charge is 0.145 e. The van der Waals surface area contributed by atoms with Crippen LogP contribution in [0.3, 0.4) is 0 Å². The Morgan fingerprint density at radius 1 is 1.30 bits per heavy atom. The van der Waals surface area contributed by atoms with Gasteiger partial charge in [-0.3, -0.25) is 0 Å². The summed E-state index contributed by atoms with van der Waals surface area (Å²) in [6, 6.07) is 8.15. The van der Waals surface area contributed by atoms with E-state index in [0.717, 1.165) is 29.8 Å². The molecule has 0 atom stereocenters. The zero-order chi connectivity index (χ0) is 14.1. The number of rotatable bonds is 1. The quantitative estimate of drug-likeness (QED) is 0.807. The van der Waals surface area contributed by atoms with Crippen molar-refractivity contribution in [2.45, 2.75) is 19.9 Å². The molecule has 0 amide bonds. The lowest BCUT2D eigenvalue weighted by atomic mass is 9.95. The lowest BCUT2D eigenvalue weighted by Crippen LogP contribution is -2.31. The molecule has 2 heterocycles. The summed E-state index contributed by atoms with van der Waals surface area (Å²) in [5.41, 5.74) is 4.45. The monoisotopic (exact) mass is 328 g/mol. The number of halogens is 1. The van der Waals surface area contributed by atoms with Crippen molar-refractivity contribution in [3.63, 3.8) is 0 Å². The van der Waals surface area contributed by atoms with Gasteiger partial charge in [0, 0.05) is 23.6 Å². The molecule has 1 aromatic carbocycles. The lowest BCUT2D eigenvalue weighted by molar-refractivity contribution is 0.714. The average molecular weight is 329 g/mol. The van der Waals surface area contributed by atoms with Crippen molar-refractivity contribution in [3.05, 3.63) is 51.4 Å². The van der Waals surface area contributed by atoms with E-state index in [2.05, 4.69) is 55.9 Å². The normalized spacial score (nSPS) is 13.8. The van der Waals surface area contributed by atoms with Crippen molar-refractivity contribution in [2.75, 3.05) is 11.4 Å². The molecule has 0 unspecified atom stereocenters. The molecule has 5 heteroatoms. The van der Waals surface area contributed by atoms with Gasteiger partial charge in [-0.15, -0.1) is 0 Å². The summed E-state index contributed by atoms with van der Waals surface area (Å²) in [6.07, 6.45) is 2.44. The van der Waals surface area contributed by atoms with E-state index in [-0.39, 0.29) is 0 Å². The molecular formula is C15H13BrN4. The van der Waals surface area contributed by atoms with Gasteiger partial charge in [0.25, 0.3) is 0 Å². The largest absolute Gasteiger partial charge is 0.352 e. The number of hydrogen-bond acceptors (Lipinski definition) is 4. The van der Waals surface area contributed by atoms with Gasteiger partial charge in [-0.2, -0.15) is 5.26 Å². The number of hydrogen-bond donors (Lipinski definition) is 0. The maximum atomic E-state index is 8.93. The minimum Gasteiger partial charge on any atom is -0.352 e. The SMILES string of the molecule is Cc1cc(Br)cc2c1CN(c1cc(C#N)ncn1)CC2. The molecule has 0 N–H and O–H groups in total. The third-order valence-corrected chi connectivity index (χ3v) is 4.08. The van der Waals surface area contributed by atoms with Crippen molar-refractivity contribution >= 4 is 21.7 Å². The highest BCUT2D eigenvalue weighted by Gasteiger charge is 2.19. The van der Waals surface area contributed by atoms with Crippen LogP contribution in [-0.4, -0.2) is 16.5 Å². The van der Waals surface area contributed by atoms with Gasteiger partial charge in [0.15, 0.2) is 0 Å². The van der Waals surface area contributed by atoms with E-state index in [9.17, 15) is 0 Å². The van der Waals surface area contributed by atoms with E-state index in [1.165, 1.54) is 23.0 Å². The van der Waals surface area contributed by atoms with E-state index in [1.54, 1.807) is 6.07 Å². The summed E-state index contributed by atoms with van der Waals surface area (Å²) in [7, 11) is 0. The van der Waals surface area contributed by atoms with Gasteiger partial charge in [0.2, 0.25) is 0 Å². The molecule has 20 heavy (non-hydrogen) atoms. The van der Waals surface area contributed by atoms with Gasteiger partial charge in [-0.25, -0.2) is 9.97 Å². The van der Waals surface area contributed by atoms with Gasteiger partial charge in [0.05, 0.1) is 0 Å². The van der Waals surface area contributed by atoms with Gasteiger partial charge < -0.3 is 4.90 Å². The van der Waals surface area contributed by atoms with Crippen LogP contribution in [0.4, 0.5) is 5.82 Å². The van der Waals surface area contributed by atoms with Crippen LogP contribution in [0, 0.1) is 18.3 Å². The minimum absolute atomic E-state index is 0.410. The molecule has 0 saturated heterocycles. The molecule has 0 bridgehead atoms. The van der Waals surface area contributed by atoms with Gasteiger partial charge in [-0.1, -0.05) is 15.9 Å². The summed E-state index contributed by atoms with van der Waals surface area (Å²) in [5, 5.41) is 8.93. The molecule has 0 aliphatic carbocycles. The number of benzene rings is 1. The van der Waals surface area contributed by atoms with Crippen molar-refractivity contribution < 1.29 is 0 Å². The molecule has 1 aliphatic heterocycles. The van der Waals surface area contributed by atoms with E-state index >= 15 is 0 Å². The number of nitrogens with zero attached hydrogens (tertiary/aromatic N) is 4.